The van der Waals surface area contributed by atoms with E-state index in [9.17, 15) is 18.0 Å². The largest absolute Gasteiger partial charge is 0.522 e. The molecule has 1 saturated carbocycles. The lowest BCUT2D eigenvalue weighted by Crippen LogP contribution is -2.47. The molecule has 0 bridgehead atoms. The van der Waals surface area contributed by atoms with E-state index in [4.69, 9.17) is 4.98 Å². The van der Waals surface area contributed by atoms with E-state index >= 15 is 0 Å². The maximum Gasteiger partial charge on any atom is 0.522 e. The number of rotatable bonds is 8. The van der Waals surface area contributed by atoms with Crippen molar-refractivity contribution in [2.45, 2.75) is 84.0 Å². The zero-order valence-electron chi connectivity index (χ0n) is 21.5. The molecule has 2 fully saturated rings. The Kier molecular flexibility index (Phi) is 9.37. The van der Waals surface area contributed by atoms with Crippen molar-refractivity contribution in [1.29, 1.82) is 0 Å². The van der Waals surface area contributed by atoms with Crippen LogP contribution in [0.3, 0.4) is 0 Å². The minimum Gasteiger partial charge on any atom is -0.354 e. The molecular formula is C25H40F3N5O2. The van der Waals surface area contributed by atoms with Gasteiger partial charge in [-0.3, -0.25) is 14.4 Å². The number of amides is 1. The quantitative estimate of drug-likeness (QED) is 0.582. The molecule has 1 aromatic heterocycles. The molecule has 2 heterocycles. The zero-order valence-corrected chi connectivity index (χ0v) is 21.5. The Morgan fingerprint density at radius 2 is 1.74 bits per heavy atom. The first-order chi connectivity index (χ1) is 16.4. The van der Waals surface area contributed by atoms with Crippen LogP contribution in [0.4, 0.5) is 19.0 Å². The molecule has 0 atom stereocenters. The Morgan fingerprint density at radius 1 is 1.09 bits per heavy atom. The Morgan fingerprint density at radius 3 is 2.31 bits per heavy atom. The van der Waals surface area contributed by atoms with Gasteiger partial charge in [0.1, 0.15) is 11.6 Å². The number of carbonyl (C=O) groups is 1. The van der Waals surface area contributed by atoms with Crippen LogP contribution in [0.2, 0.25) is 0 Å². The van der Waals surface area contributed by atoms with Crippen molar-refractivity contribution in [3.63, 3.8) is 0 Å². The highest BCUT2D eigenvalue weighted by molar-refractivity contribution is 5.73. The molecule has 0 radical (unpaired) electrons. The number of hydrogen-bond donors (Lipinski definition) is 1. The van der Waals surface area contributed by atoms with Crippen molar-refractivity contribution in [2.24, 2.45) is 5.92 Å². The number of nitrogens with zero attached hydrogens (tertiary/aromatic N) is 4. The summed E-state index contributed by atoms with van der Waals surface area (Å²) in [6.07, 6.45) is 1.10. The molecule has 1 aliphatic carbocycles. The molecule has 3 rings (SSSR count). The average Bonchev–Trinajstić information content (AvgIpc) is 2.77. The maximum atomic E-state index is 12.4. The topological polar surface area (TPSA) is 70.6 Å². The van der Waals surface area contributed by atoms with Gasteiger partial charge >= 0.3 is 6.36 Å². The van der Waals surface area contributed by atoms with Crippen LogP contribution in [0.5, 0.6) is 0 Å². The maximum absolute atomic E-state index is 12.4. The molecule has 35 heavy (non-hydrogen) atoms. The number of carbonyl (C=O) groups excluding carboxylic acids is 1. The fourth-order valence-electron chi connectivity index (χ4n) is 4.83. The predicted molar refractivity (Wildman–Crippen MR) is 129 cm³/mol. The number of halogens is 3. The van der Waals surface area contributed by atoms with Gasteiger partial charge < -0.3 is 10.2 Å². The first-order valence-electron chi connectivity index (χ1n) is 12.7. The number of piperazine rings is 1. The van der Waals surface area contributed by atoms with Gasteiger partial charge in [0.05, 0.1) is 6.61 Å². The third-order valence-corrected chi connectivity index (χ3v) is 6.86. The highest BCUT2D eigenvalue weighted by Crippen LogP contribution is 2.28. The van der Waals surface area contributed by atoms with E-state index < -0.39 is 13.0 Å². The van der Waals surface area contributed by atoms with E-state index in [0.29, 0.717) is 17.6 Å². The number of anilines is 1. The van der Waals surface area contributed by atoms with Gasteiger partial charge in [-0.05, 0) is 44.6 Å². The van der Waals surface area contributed by atoms with Crippen molar-refractivity contribution in [3.8, 4) is 0 Å². The molecule has 0 unspecified atom stereocenters. The van der Waals surface area contributed by atoms with E-state index in [0.717, 1.165) is 57.3 Å². The Balaban J connectivity index is 1.50. The van der Waals surface area contributed by atoms with E-state index in [2.05, 4.69) is 24.8 Å². The molecule has 1 saturated heterocycles. The summed E-state index contributed by atoms with van der Waals surface area (Å²) in [5, 5.41) is 3.04. The summed E-state index contributed by atoms with van der Waals surface area (Å²) < 4.78 is 41.1. The molecule has 198 valence electrons. The monoisotopic (exact) mass is 499 g/mol. The van der Waals surface area contributed by atoms with Crippen LogP contribution in [-0.2, 0) is 21.4 Å². The summed E-state index contributed by atoms with van der Waals surface area (Å²) in [6.45, 7) is 11.7. The molecular weight excluding hydrogens is 459 g/mol. The van der Waals surface area contributed by atoms with Crippen molar-refractivity contribution < 1.29 is 22.7 Å². The van der Waals surface area contributed by atoms with Gasteiger partial charge in [0, 0.05) is 62.7 Å². The molecule has 1 aromatic rings. The number of nitrogens with one attached hydrogen (secondary N) is 1. The summed E-state index contributed by atoms with van der Waals surface area (Å²) in [5.41, 5.74) is 0.262. The third kappa shape index (κ3) is 9.22. The lowest BCUT2D eigenvalue weighted by atomic mass is 9.84. The van der Waals surface area contributed by atoms with Crippen molar-refractivity contribution >= 4 is 11.7 Å². The van der Waals surface area contributed by atoms with Gasteiger partial charge in [0.25, 0.3) is 0 Å². The standard InChI is InChI=1S/C25H40F3N5O2/c1-18(34)29-20-7-5-19(6-8-20)9-11-32-12-14-33(15-13-32)22-17-21(10-16-35-25(26,27)28)30-23(31-22)24(2,3)4/h17,19-20H,5-16H2,1-4H3,(H,29,34). The minimum absolute atomic E-state index is 0.0615. The van der Waals surface area contributed by atoms with Crippen LogP contribution in [0, 0.1) is 5.92 Å². The van der Waals surface area contributed by atoms with Crippen LogP contribution in [0.1, 0.15) is 71.3 Å². The van der Waals surface area contributed by atoms with E-state index in [1.807, 2.05) is 20.8 Å². The second kappa shape index (κ2) is 11.9. The predicted octanol–water partition coefficient (Wildman–Crippen LogP) is 4.06. The molecule has 0 aromatic carbocycles. The van der Waals surface area contributed by atoms with Crippen LogP contribution in [-0.4, -0.2) is 72.5 Å². The highest BCUT2D eigenvalue weighted by Gasteiger charge is 2.29. The summed E-state index contributed by atoms with van der Waals surface area (Å²) in [5.74, 6) is 2.19. The lowest BCUT2D eigenvalue weighted by molar-refractivity contribution is -0.324. The third-order valence-electron chi connectivity index (χ3n) is 6.86. The van der Waals surface area contributed by atoms with E-state index in [1.165, 1.54) is 19.3 Å². The lowest BCUT2D eigenvalue weighted by Gasteiger charge is -2.37. The Hall–Kier alpha value is -1.94. The highest BCUT2D eigenvalue weighted by atomic mass is 19.4. The number of alkyl halides is 3. The molecule has 7 nitrogen and oxygen atoms in total. The molecule has 10 heteroatoms. The van der Waals surface area contributed by atoms with Crippen LogP contribution in [0.15, 0.2) is 6.07 Å². The van der Waals surface area contributed by atoms with Crippen molar-refractivity contribution in [1.82, 2.24) is 20.2 Å². The second-order valence-corrected chi connectivity index (χ2v) is 10.9. The van der Waals surface area contributed by atoms with E-state index in [-0.39, 0.29) is 17.7 Å². The Labute approximate surface area is 206 Å². The molecule has 0 spiro atoms. The summed E-state index contributed by atoms with van der Waals surface area (Å²) in [4.78, 5) is 25.2. The fraction of sp³-hybridized carbons (Fsp3) is 0.800. The van der Waals surface area contributed by atoms with Gasteiger partial charge in [-0.1, -0.05) is 20.8 Å². The molecule has 1 aliphatic heterocycles. The summed E-state index contributed by atoms with van der Waals surface area (Å²) in [6, 6.07) is 2.14. The van der Waals surface area contributed by atoms with Crippen molar-refractivity contribution in [3.05, 3.63) is 17.6 Å². The van der Waals surface area contributed by atoms with Gasteiger partial charge in [-0.15, -0.1) is 13.2 Å². The number of ether oxygens (including phenoxy) is 1. The van der Waals surface area contributed by atoms with Gasteiger partial charge in [-0.25, -0.2) is 9.97 Å². The first kappa shape index (κ1) is 27.6. The summed E-state index contributed by atoms with van der Waals surface area (Å²) >= 11 is 0. The second-order valence-electron chi connectivity index (χ2n) is 10.9. The molecule has 1 N–H and O–H groups in total. The summed E-state index contributed by atoms with van der Waals surface area (Å²) in [7, 11) is 0. The number of aromatic nitrogens is 2. The Bertz CT molecular complexity index is 827. The normalized spacial score (nSPS) is 22.3. The van der Waals surface area contributed by atoms with Crippen LogP contribution >= 0.6 is 0 Å². The van der Waals surface area contributed by atoms with Gasteiger partial charge in [0.15, 0.2) is 0 Å². The fourth-order valence-corrected chi connectivity index (χ4v) is 4.83. The number of hydrogen-bond acceptors (Lipinski definition) is 6. The van der Waals surface area contributed by atoms with Gasteiger partial charge in [-0.2, -0.15) is 0 Å². The average molecular weight is 500 g/mol. The van der Waals surface area contributed by atoms with E-state index in [1.54, 1.807) is 13.0 Å². The molecule has 1 amide bonds. The minimum atomic E-state index is -4.64. The van der Waals surface area contributed by atoms with Crippen molar-refractivity contribution in [2.75, 3.05) is 44.2 Å². The zero-order chi connectivity index (χ0) is 25.6. The van der Waals surface area contributed by atoms with Crippen LogP contribution < -0.4 is 10.2 Å². The molecule has 2 aliphatic rings. The van der Waals surface area contributed by atoms with Crippen LogP contribution in [0.25, 0.3) is 0 Å². The first-order valence-corrected chi connectivity index (χ1v) is 12.7. The van der Waals surface area contributed by atoms with Gasteiger partial charge in [0.2, 0.25) is 5.91 Å². The SMILES string of the molecule is CC(=O)NC1CCC(CCN2CCN(c3cc(CCOC(F)(F)F)nc(C(C)(C)C)n3)CC2)CC1. The smallest absolute Gasteiger partial charge is 0.354 e.